The quantitative estimate of drug-likeness (QED) is 0.423. The Labute approximate surface area is 222 Å². The van der Waals surface area contributed by atoms with Crippen LogP contribution in [0.5, 0.6) is 5.88 Å². The summed E-state index contributed by atoms with van der Waals surface area (Å²) in [6, 6.07) is 5.33. The van der Waals surface area contributed by atoms with E-state index >= 15 is 0 Å². The van der Waals surface area contributed by atoms with Crippen LogP contribution in [0.1, 0.15) is 74.5 Å². The van der Waals surface area contributed by atoms with Crippen molar-refractivity contribution in [3.8, 4) is 5.88 Å². The van der Waals surface area contributed by atoms with Gasteiger partial charge in [0.25, 0.3) is 0 Å². The molecule has 0 spiro atoms. The van der Waals surface area contributed by atoms with E-state index in [1.807, 2.05) is 33.8 Å². The van der Waals surface area contributed by atoms with E-state index in [-0.39, 0.29) is 29.3 Å². The monoisotopic (exact) mass is 539 g/mol. The normalized spacial score (nSPS) is 24.6. The molecule has 5 rings (SSSR count). The third-order valence-corrected chi connectivity index (χ3v) is 9.45. The summed E-state index contributed by atoms with van der Waals surface area (Å²) in [5.41, 5.74) is 8.00. The molecular formula is C27H33N5O5S. The van der Waals surface area contributed by atoms with Crippen LogP contribution in [0, 0.1) is 0 Å². The summed E-state index contributed by atoms with van der Waals surface area (Å²) in [6.45, 7) is 7.80. The number of pyridine rings is 3. The molecule has 0 aromatic carbocycles. The Morgan fingerprint density at radius 2 is 1.89 bits per heavy atom. The van der Waals surface area contributed by atoms with Gasteiger partial charge in [0, 0.05) is 42.9 Å². The van der Waals surface area contributed by atoms with Gasteiger partial charge < -0.3 is 20.5 Å². The zero-order valence-corrected chi connectivity index (χ0v) is 23.0. The first-order valence-electron chi connectivity index (χ1n) is 12.8. The maximum atomic E-state index is 12.3. The molecule has 0 bridgehead atoms. The van der Waals surface area contributed by atoms with Gasteiger partial charge in [-0.3, -0.25) is 0 Å². The van der Waals surface area contributed by atoms with Crippen molar-refractivity contribution in [2.45, 2.75) is 75.9 Å². The highest BCUT2D eigenvalue weighted by Crippen LogP contribution is 2.37. The lowest BCUT2D eigenvalue weighted by Gasteiger charge is -2.34. The van der Waals surface area contributed by atoms with Crippen molar-refractivity contribution >= 4 is 38.2 Å². The van der Waals surface area contributed by atoms with Crippen molar-refractivity contribution in [2.24, 2.45) is 5.73 Å². The predicted octanol–water partition coefficient (Wildman–Crippen LogP) is 3.97. The molecular weight excluding hydrogens is 506 g/mol. The molecule has 38 heavy (non-hydrogen) atoms. The number of nitrogens with two attached hydrogens (primary N) is 1. The summed E-state index contributed by atoms with van der Waals surface area (Å²) in [4.78, 5) is 26.1. The highest BCUT2D eigenvalue weighted by Gasteiger charge is 2.38. The maximum Gasteiger partial charge on any atom is 0.340 e. The number of rotatable bonds is 7. The Hall–Kier alpha value is -3.31. The first-order valence-corrected chi connectivity index (χ1v) is 14.8. The second-order valence-electron chi connectivity index (χ2n) is 10.7. The number of cyclic esters (lactones) is 1. The minimum atomic E-state index is -3.08. The lowest BCUT2D eigenvalue weighted by atomic mass is 9.88. The summed E-state index contributed by atoms with van der Waals surface area (Å²) in [5, 5.41) is 4.41. The number of ether oxygens (including phenoxy) is 2. The zero-order valence-electron chi connectivity index (χ0n) is 22.2. The van der Waals surface area contributed by atoms with Crippen LogP contribution in [0.2, 0.25) is 0 Å². The molecule has 202 valence electrons. The summed E-state index contributed by atoms with van der Waals surface area (Å²) in [7, 11) is -3.08. The molecule has 0 radical (unpaired) electrons. The molecule has 1 unspecified atom stereocenters. The van der Waals surface area contributed by atoms with Gasteiger partial charge in [0.2, 0.25) is 5.88 Å². The number of aromatic nitrogens is 3. The number of hydrogen-bond donors (Lipinski definition) is 2. The Morgan fingerprint density at radius 3 is 2.58 bits per heavy atom. The van der Waals surface area contributed by atoms with Gasteiger partial charge in [-0.15, -0.1) is 0 Å². The standard InChI is InChI=1S/C27H33N5O5S/c1-6-27(4,28)21-13-30-25(37-16-9-17(10-16)38(5,34)35)20-12-29-23(11-19(20)21)31-22-8-7-18-24(32-22)14(2)15(3)36-26(18)33/h7-8,11-17H,6,9-10,28H2,1-5H3,(H,29,31,32)/t14-,15+,16?,17?,27?/m0/s1. The lowest BCUT2D eigenvalue weighted by Crippen LogP contribution is -2.42. The first kappa shape index (κ1) is 26.3. The minimum Gasteiger partial charge on any atom is -0.474 e. The molecule has 11 heteroatoms. The van der Waals surface area contributed by atoms with E-state index in [2.05, 4.69) is 15.3 Å². The molecule has 0 amide bonds. The fraction of sp³-hybridized carbons (Fsp3) is 0.481. The third-order valence-electron chi connectivity index (χ3n) is 7.85. The number of nitrogens with one attached hydrogen (secondary N) is 1. The van der Waals surface area contributed by atoms with Gasteiger partial charge in [0.15, 0.2) is 9.84 Å². The van der Waals surface area contributed by atoms with E-state index in [0.29, 0.717) is 53.4 Å². The van der Waals surface area contributed by atoms with Crippen LogP contribution in [-0.2, 0) is 20.1 Å². The highest BCUT2D eigenvalue weighted by atomic mass is 32.2. The average Bonchev–Trinajstić information content (AvgIpc) is 2.83. The molecule has 3 N–H and O–H groups in total. The number of fused-ring (bicyclic) bond motifs is 2. The molecule has 2 aliphatic rings. The smallest absolute Gasteiger partial charge is 0.340 e. The number of carbonyl (C=O) groups excluding carboxylic acids is 1. The highest BCUT2D eigenvalue weighted by molar-refractivity contribution is 7.91. The number of nitrogens with zero attached hydrogens (tertiary/aromatic N) is 3. The molecule has 3 atom stereocenters. The van der Waals surface area contributed by atoms with Crippen molar-refractivity contribution in [1.82, 2.24) is 15.0 Å². The van der Waals surface area contributed by atoms with Crippen molar-refractivity contribution in [3.63, 3.8) is 0 Å². The molecule has 1 saturated carbocycles. The van der Waals surface area contributed by atoms with Crippen molar-refractivity contribution in [2.75, 3.05) is 11.6 Å². The van der Waals surface area contributed by atoms with Gasteiger partial charge in [-0.05, 0) is 49.4 Å². The summed E-state index contributed by atoms with van der Waals surface area (Å²) >= 11 is 0. The van der Waals surface area contributed by atoms with E-state index in [4.69, 9.17) is 20.2 Å². The van der Waals surface area contributed by atoms with Crippen molar-refractivity contribution in [3.05, 3.63) is 47.4 Å². The van der Waals surface area contributed by atoms with E-state index < -0.39 is 15.4 Å². The molecule has 0 saturated heterocycles. The van der Waals surface area contributed by atoms with Crippen LogP contribution in [0.15, 0.2) is 30.6 Å². The summed E-state index contributed by atoms with van der Waals surface area (Å²) in [6.07, 6.45) is 5.75. The predicted molar refractivity (Wildman–Crippen MR) is 144 cm³/mol. The maximum absolute atomic E-state index is 12.3. The fourth-order valence-electron chi connectivity index (χ4n) is 4.79. The Balaban J connectivity index is 1.48. The SMILES string of the molecule is CCC(C)(N)c1cnc(OC2CC(S(C)(=O)=O)C2)c2cnc(Nc3ccc4c(n3)[C@@H](C)[C@@H](C)OC4=O)cc12. The van der Waals surface area contributed by atoms with E-state index in [1.165, 1.54) is 6.26 Å². The van der Waals surface area contributed by atoms with E-state index in [9.17, 15) is 13.2 Å². The lowest BCUT2D eigenvalue weighted by molar-refractivity contribution is 0.0235. The molecule has 10 nitrogen and oxygen atoms in total. The second kappa shape index (κ2) is 9.46. The van der Waals surface area contributed by atoms with Crippen LogP contribution in [-0.4, -0.2) is 53.1 Å². The molecule has 3 aromatic heterocycles. The van der Waals surface area contributed by atoms with Gasteiger partial charge in [-0.2, -0.15) is 0 Å². The first-order chi connectivity index (χ1) is 17.9. The van der Waals surface area contributed by atoms with Crippen LogP contribution in [0.4, 0.5) is 11.6 Å². The van der Waals surface area contributed by atoms with Gasteiger partial charge in [0.05, 0.1) is 21.9 Å². The van der Waals surface area contributed by atoms with Gasteiger partial charge in [-0.1, -0.05) is 13.8 Å². The van der Waals surface area contributed by atoms with Gasteiger partial charge >= 0.3 is 5.97 Å². The van der Waals surface area contributed by atoms with Crippen LogP contribution in [0.3, 0.4) is 0 Å². The number of hydrogen-bond acceptors (Lipinski definition) is 10. The number of anilines is 2. The van der Waals surface area contributed by atoms with Crippen LogP contribution in [0.25, 0.3) is 10.8 Å². The Kier molecular flexibility index (Phi) is 6.55. The number of esters is 1. The number of sulfone groups is 1. The molecule has 1 fully saturated rings. The summed E-state index contributed by atoms with van der Waals surface area (Å²) < 4.78 is 35.1. The third kappa shape index (κ3) is 4.80. The molecule has 1 aliphatic heterocycles. The summed E-state index contributed by atoms with van der Waals surface area (Å²) in [5.74, 6) is 1.11. The van der Waals surface area contributed by atoms with Gasteiger partial charge in [0.1, 0.15) is 23.8 Å². The van der Waals surface area contributed by atoms with E-state index in [1.54, 1.807) is 24.5 Å². The topological polar surface area (TPSA) is 146 Å². The van der Waals surface area contributed by atoms with Crippen molar-refractivity contribution in [1.29, 1.82) is 0 Å². The fourth-order valence-corrected chi connectivity index (χ4v) is 5.92. The van der Waals surface area contributed by atoms with Crippen molar-refractivity contribution < 1.29 is 22.7 Å². The molecule has 1 aliphatic carbocycles. The Bertz CT molecular complexity index is 1520. The largest absolute Gasteiger partial charge is 0.474 e. The zero-order chi connectivity index (χ0) is 27.4. The Morgan fingerprint density at radius 1 is 1.16 bits per heavy atom. The average molecular weight is 540 g/mol. The van der Waals surface area contributed by atoms with Crippen LogP contribution >= 0.6 is 0 Å². The minimum absolute atomic E-state index is 0.0392. The second-order valence-corrected chi connectivity index (χ2v) is 13.0. The van der Waals surface area contributed by atoms with Gasteiger partial charge in [-0.25, -0.2) is 28.2 Å². The van der Waals surface area contributed by atoms with Crippen LogP contribution < -0.4 is 15.8 Å². The van der Waals surface area contributed by atoms with E-state index in [0.717, 1.165) is 10.9 Å². The molecule has 4 heterocycles. The number of carbonyl (C=O) groups is 1. The molecule has 3 aromatic rings.